The molecule has 22 heteroatoms. The van der Waals surface area contributed by atoms with Gasteiger partial charge in [-0.3, -0.25) is 24.2 Å². The number of aliphatic hydroxyl groups is 6. The Balaban J connectivity index is 1.32. The van der Waals surface area contributed by atoms with Gasteiger partial charge in [0.15, 0.2) is 12.2 Å². The van der Waals surface area contributed by atoms with Crippen molar-refractivity contribution < 1.29 is 88.6 Å². The minimum atomic E-state index is -2.01. The summed E-state index contributed by atoms with van der Waals surface area (Å²) in [6.45, 7) is 14.4. The summed E-state index contributed by atoms with van der Waals surface area (Å²) in [4.78, 5) is 83.5. The summed E-state index contributed by atoms with van der Waals surface area (Å²) in [5, 5.41) is 86.0. The van der Waals surface area contributed by atoms with Gasteiger partial charge in [0.1, 0.15) is 36.6 Å². The molecule has 11 N–H and O–H groups in total. The van der Waals surface area contributed by atoms with Gasteiger partial charge in [-0.2, -0.15) is 0 Å². The van der Waals surface area contributed by atoms with E-state index in [1.54, 1.807) is 39.8 Å². The largest absolute Gasteiger partial charge is 0.479 e. The Kier molecular flexibility index (Phi) is 15.1. The Morgan fingerprint density at radius 3 is 1.73 bits per heavy atom. The van der Waals surface area contributed by atoms with Crippen LogP contribution in [0.15, 0.2) is 81.2 Å². The minimum absolute atomic E-state index is 0.0219. The number of H-pyrrole nitrogens is 1. The summed E-state index contributed by atoms with van der Waals surface area (Å²) in [5.41, 5.74) is 6.70. The molecule has 0 spiro atoms. The fourth-order valence-corrected chi connectivity index (χ4v) is 8.35. The van der Waals surface area contributed by atoms with Crippen LogP contribution in [0.2, 0.25) is 0 Å². The first-order chi connectivity index (χ1) is 31.6. The Morgan fingerprint density at radius 1 is 0.701 bits per heavy atom. The lowest BCUT2D eigenvalue weighted by Crippen LogP contribution is -2.60. The summed E-state index contributed by atoms with van der Waals surface area (Å²) >= 11 is 0. The predicted octanol–water partition coefficient (Wildman–Crippen LogP) is -0.922. The quantitative estimate of drug-likeness (QED) is 0.0893. The number of aliphatic hydroxyl groups excluding tert-OH is 6. The number of nitrogens with zero attached hydrogens (tertiary/aromatic N) is 1. The van der Waals surface area contributed by atoms with E-state index >= 15 is 0 Å². The number of aromatic amines is 1. The van der Waals surface area contributed by atoms with Crippen LogP contribution in [0.25, 0.3) is 6.08 Å². The molecule has 2 saturated heterocycles. The van der Waals surface area contributed by atoms with Gasteiger partial charge in [-0.25, -0.2) is 9.59 Å². The molecule has 2 fully saturated rings. The van der Waals surface area contributed by atoms with Crippen molar-refractivity contribution in [2.24, 2.45) is 4.99 Å². The third kappa shape index (κ3) is 10.2. The van der Waals surface area contributed by atoms with E-state index < -0.39 is 91.3 Å². The third-order valence-electron chi connectivity index (χ3n) is 12.3. The molecule has 0 aliphatic carbocycles. The summed E-state index contributed by atoms with van der Waals surface area (Å²) in [6.07, 6.45) is -14.4. The van der Waals surface area contributed by atoms with Crippen LogP contribution in [0.1, 0.15) is 62.5 Å². The van der Waals surface area contributed by atoms with Crippen LogP contribution >= 0.6 is 0 Å². The van der Waals surface area contributed by atoms with Crippen LogP contribution in [-0.4, -0.2) is 155 Å². The fraction of sp³-hybridized carbons (Fsp3) is 0.444. The smallest absolute Gasteiger partial charge is 0.335 e. The average molecular weight is 937 g/mol. The highest BCUT2D eigenvalue weighted by atomic mass is 16.7. The highest BCUT2D eigenvalue weighted by Gasteiger charge is 2.50. The third-order valence-corrected chi connectivity index (χ3v) is 12.3. The number of amides is 2. The number of ether oxygens (including phenoxy) is 4. The second kappa shape index (κ2) is 20.2. The lowest BCUT2D eigenvalue weighted by Gasteiger charge is -2.37. The average Bonchev–Trinajstić information content (AvgIpc) is 3.93. The normalized spacial score (nSPS) is 31.0. The Labute approximate surface area is 382 Å². The van der Waals surface area contributed by atoms with Gasteiger partial charge in [-0.1, -0.05) is 25.3 Å². The maximum Gasteiger partial charge on any atom is 0.335 e. The first kappa shape index (κ1) is 50.1. The van der Waals surface area contributed by atoms with Gasteiger partial charge in [0.25, 0.3) is 11.8 Å². The number of rotatable bonds is 16. The van der Waals surface area contributed by atoms with Gasteiger partial charge in [0.05, 0.1) is 6.04 Å². The maximum absolute atomic E-state index is 13.3. The number of nitrogens with one attached hydrogen (secondary N) is 3. The molecule has 0 saturated carbocycles. The number of aliphatic carboxylic acids is 2. The van der Waals surface area contributed by atoms with Crippen molar-refractivity contribution in [1.29, 1.82) is 0 Å². The van der Waals surface area contributed by atoms with Gasteiger partial charge < -0.3 is 75.4 Å². The number of carboxylic acids is 2. The van der Waals surface area contributed by atoms with Crippen molar-refractivity contribution in [2.75, 3.05) is 0 Å². The number of aromatic nitrogens is 1. The molecule has 1 aromatic rings. The van der Waals surface area contributed by atoms with Crippen LogP contribution in [-0.2, 0) is 60.6 Å². The SMILES string of the molecule is C=CC1=C(C)/C(=C/c2[nH]c(CC3=N[C@H](/C=C4/NC(=O)C(C)=C4C=C)C(C)=C3CCC(=O)O[C@@H]3O[C@H](C(=O)O)[C@@H](O)[C@H](O)[C@H]3O)c(CCC(=O)O[C@@H]3O[C@H](C(=O)O)[C@@H](O)[C@H](O)[C@H]3O)c2C)NC1=O. The highest BCUT2D eigenvalue weighted by molar-refractivity contribution is 6.06. The number of allylic oxidation sites excluding steroid dienone is 3. The maximum atomic E-state index is 13.3. The summed E-state index contributed by atoms with van der Waals surface area (Å²) < 4.78 is 20.7. The Bertz CT molecular complexity index is 2470. The second-order valence-corrected chi connectivity index (χ2v) is 16.5. The van der Waals surface area contributed by atoms with E-state index in [4.69, 9.17) is 23.9 Å². The Hall–Kier alpha value is -6.37. The van der Waals surface area contributed by atoms with Crippen LogP contribution in [0, 0.1) is 6.92 Å². The van der Waals surface area contributed by atoms with E-state index in [-0.39, 0.29) is 43.9 Å². The summed E-state index contributed by atoms with van der Waals surface area (Å²) in [6, 6.07) is -0.700. The number of carbonyl (C=O) groups excluding carboxylic acids is 4. The van der Waals surface area contributed by atoms with Gasteiger partial charge >= 0.3 is 23.9 Å². The first-order valence-corrected chi connectivity index (χ1v) is 21.0. The fourth-order valence-electron chi connectivity index (χ4n) is 8.35. The Morgan fingerprint density at radius 2 is 1.22 bits per heavy atom. The number of aliphatic imine (C=N–C) groups is 1. The molecule has 0 bridgehead atoms. The van der Waals surface area contributed by atoms with Crippen molar-refractivity contribution in [3.05, 3.63) is 98.7 Å². The number of carbonyl (C=O) groups is 6. The monoisotopic (exact) mass is 936 g/mol. The van der Waals surface area contributed by atoms with E-state index in [1.807, 2.05) is 0 Å². The van der Waals surface area contributed by atoms with Crippen molar-refractivity contribution in [2.45, 2.75) is 127 Å². The molecular weight excluding hydrogens is 885 g/mol. The minimum Gasteiger partial charge on any atom is -0.479 e. The zero-order chi connectivity index (χ0) is 49.3. The predicted molar refractivity (Wildman–Crippen MR) is 230 cm³/mol. The van der Waals surface area contributed by atoms with Crippen LogP contribution in [0.3, 0.4) is 0 Å². The molecule has 2 amide bonds. The molecule has 5 aliphatic rings. The summed E-state index contributed by atoms with van der Waals surface area (Å²) in [5.74, 6) is -5.98. The zero-order valence-electron chi connectivity index (χ0n) is 36.7. The topological polar surface area (TPSA) is 353 Å². The van der Waals surface area contributed by atoms with Gasteiger partial charge in [-0.05, 0) is 80.5 Å². The first-order valence-electron chi connectivity index (χ1n) is 21.0. The number of esters is 2. The van der Waals surface area contributed by atoms with E-state index in [1.165, 1.54) is 12.2 Å². The lowest BCUT2D eigenvalue weighted by atomic mass is 9.94. The molecular formula is C45H52N4O18. The van der Waals surface area contributed by atoms with E-state index in [0.717, 1.165) is 0 Å². The molecule has 360 valence electrons. The molecule has 0 aromatic carbocycles. The number of hydrogen-bond acceptors (Lipinski definition) is 17. The zero-order valence-corrected chi connectivity index (χ0v) is 36.7. The molecule has 22 nitrogen and oxygen atoms in total. The van der Waals surface area contributed by atoms with Crippen LogP contribution < -0.4 is 10.6 Å². The molecule has 6 heterocycles. The van der Waals surface area contributed by atoms with Crippen molar-refractivity contribution in [1.82, 2.24) is 15.6 Å². The lowest BCUT2D eigenvalue weighted by molar-refractivity contribution is -0.286. The molecule has 1 aromatic heterocycles. The highest BCUT2D eigenvalue weighted by Crippen LogP contribution is 2.34. The molecule has 0 unspecified atom stereocenters. The van der Waals surface area contributed by atoms with Crippen molar-refractivity contribution in [3.8, 4) is 0 Å². The molecule has 11 atom stereocenters. The van der Waals surface area contributed by atoms with E-state index in [2.05, 4.69) is 28.8 Å². The molecule has 6 rings (SSSR count). The van der Waals surface area contributed by atoms with Crippen LogP contribution in [0.4, 0.5) is 0 Å². The second-order valence-electron chi connectivity index (χ2n) is 16.5. The van der Waals surface area contributed by atoms with Gasteiger partial charge in [0.2, 0.25) is 12.6 Å². The van der Waals surface area contributed by atoms with Gasteiger partial charge in [-0.15, -0.1) is 0 Å². The molecule has 5 aliphatic heterocycles. The van der Waals surface area contributed by atoms with Gasteiger partial charge in [0, 0.05) is 64.5 Å². The molecule has 67 heavy (non-hydrogen) atoms. The van der Waals surface area contributed by atoms with Crippen molar-refractivity contribution >= 4 is 47.5 Å². The molecule has 0 radical (unpaired) electrons. The van der Waals surface area contributed by atoms with Crippen molar-refractivity contribution in [3.63, 3.8) is 0 Å². The van der Waals surface area contributed by atoms with Crippen LogP contribution in [0.5, 0.6) is 0 Å². The summed E-state index contributed by atoms with van der Waals surface area (Å²) in [7, 11) is 0. The number of hydrogen-bond donors (Lipinski definition) is 11. The van der Waals surface area contributed by atoms with E-state index in [9.17, 15) is 69.6 Å². The van der Waals surface area contributed by atoms with E-state index in [0.29, 0.717) is 73.1 Å². The number of carboxylic acid groups (broad SMARTS) is 2. The standard InChI is InChI=1S/C45H52N4O18/c1-7-20-19(6)40(58)49-27(20)14-25-18(5)23(10-12-31(51)65-45-37(57)33(53)35(55)39(67-45)43(62)63)29(47-25)15-28-22(17(4)24(46-28)13-26-16(3)21(8-2)41(59)48-26)9-11-30(50)64-44-36(56)32(52)34(54)38(66-44)42(60)61/h7-8,13-14,25,32-39,44-46,52-57H,1-2,9-12,15H2,3-6H3,(H,48,59)(H,49,58)(H,60,61)(H,62,63)/b26-13-,27-14+/t25-,32+,33+,34+,35+,36-,37-,38+,39+,44-,45-/m1/s1.